The molecule has 1 N–H and O–H groups in total. The highest BCUT2D eigenvalue weighted by molar-refractivity contribution is 5.91. The van der Waals surface area contributed by atoms with E-state index < -0.39 is 0 Å². The van der Waals surface area contributed by atoms with Gasteiger partial charge in [-0.15, -0.1) is 0 Å². The van der Waals surface area contributed by atoms with E-state index in [-0.39, 0.29) is 18.6 Å². The van der Waals surface area contributed by atoms with Crippen LogP contribution in [-0.4, -0.2) is 67.3 Å². The van der Waals surface area contributed by atoms with Crippen LogP contribution < -0.4 is 4.74 Å². The van der Waals surface area contributed by atoms with Crippen LogP contribution in [0.3, 0.4) is 0 Å². The summed E-state index contributed by atoms with van der Waals surface area (Å²) < 4.78 is 10.7. The number of likely N-dealkylation sites (tertiary alicyclic amines) is 1. The fourth-order valence-corrected chi connectivity index (χ4v) is 4.09. The van der Waals surface area contributed by atoms with Gasteiger partial charge in [0.25, 0.3) is 5.91 Å². The molecule has 1 aliphatic heterocycles. The van der Waals surface area contributed by atoms with Crippen molar-refractivity contribution in [2.24, 2.45) is 5.92 Å². The number of amides is 1. The standard InChI is InChI=1S/C22H30N2O4/c1-23(22(26)21-7-4-14-28-21)20(16-17-5-3-6-19(15-17)27-2)18-8-10-24(11-9-18)12-13-25/h3-7,14-15,18,20,25H,8-13,16H2,1-2H3. The first-order valence-corrected chi connectivity index (χ1v) is 9.89. The van der Waals surface area contributed by atoms with Gasteiger partial charge in [-0.25, -0.2) is 0 Å². The summed E-state index contributed by atoms with van der Waals surface area (Å²) in [5.41, 5.74) is 1.15. The quantitative estimate of drug-likeness (QED) is 0.756. The van der Waals surface area contributed by atoms with E-state index in [2.05, 4.69) is 11.0 Å². The number of furan rings is 1. The molecule has 0 saturated carbocycles. The van der Waals surface area contributed by atoms with Crippen LogP contribution in [0.5, 0.6) is 5.75 Å². The van der Waals surface area contributed by atoms with E-state index in [1.807, 2.05) is 30.1 Å². The maximum absolute atomic E-state index is 12.9. The highest BCUT2D eigenvalue weighted by atomic mass is 16.5. The summed E-state index contributed by atoms with van der Waals surface area (Å²) in [7, 11) is 3.54. The highest BCUT2D eigenvalue weighted by Crippen LogP contribution is 2.28. The summed E-state index contributed by atoms with van der Waals surface area (Å²) in [6.45, 7) is 2.80. The molecular formula is C22H30N2O4. The van der Waals surface area contributed by atoms with Crippen molar-refractivity contribution < 1.29 is 19.1 Å². The zero-order valence-corrected chi connectivity index (χ0v) is 16.7. The van der Waals surface area contributed by atoms with Crippen molar-refractivity contribution in [1.82, 2.24) is 9.80 Å². The second kappa shape index (κ2) is 9.75. The van der Waals surface area contributed by atoms with E-state index in [0.717, 1.165) is 43.7 Å². The molecule has 28 heavy (non-hydrogen) atoms. The largest absolute Gasteiger partial charge is 0.497 e. The predicted octanol–water partition coefficient (Wildman–Crippen LogP) is 2.68. The van der Waals surface area contributed by atoms with Crippen LogP contribution in [0, 0.1) is 5.92 Å². The van der Waals surface area contributed by atoms with Gasteiger partial charge >= 0.3 is 0 Å². The summed E-state index contributed by atoms with van der Waals surface area (Å²) in [5, 5.41) is 9.19. The molecule has 1 amide bonds. The average Bonchev–Trinajstić information content (AvgIpc) is 3.27. The van der Waals surface area contributed by atoms with Crippen molar-refractivity contribution in [3.05, 3.63) is 54.0 Å². The van der Waals surface area contributed by atoms with Crippen molar-refractivity contribution >= 4 is 5.91 Å². The van der Waals surface area contributed by atoms with Gasteiger partial charge in [0, 0.05) is 19.6 Å². The van der Waals surface area contributed by atoms with Gasteiger partial charge in [0.2, 0.25) is 0 Å². The average molecular weight is 386 g/mol. The number of aliphatic hydroxyl groups is 1. The Morgan fingerprint density at radius 3 is 2.75 bits per heavy atom. The fraction of sp³-hybridized carbons (Fsp3) is 0.500. The summed E-state index contributed by atoms with van der Waals surface area (Å²) in [6.07, 6.45) is 4.31. The van der Waals surface area contributed by atoms with Crippen molar-refractivity contribution in [3.63, 3.8) is 0 Å². The van der Waals surface area contributed by atoms with Gasteiger partial charge in [-0.3, -0.25) is 4.79 Å². The number of carbonyl (C=O) groups excluding carboxylic acids is 1. The molecule has 1 unspecified atom stereocenters. The smallest absolute Gasteiger partial charge is 0.289 e. The molecule has 1 atom stereocenters. The van der Waals surface area contributed by atoms with E-state index >= 15 is 0 Å². The minimum atomic E-state index is -0.0873. The number of methoxy groups -OCH3 is 1. The molecule has 3 rings (SSSR count). The molecule has 0 radical (unpaired) electrons. The maximum Gasteiger partial charge on any atom is 0.289 e. The zero-order chi connectivity index (χ0) is 19.9. The second-order valence-electron chi connectivity index (χ2n) is 7.42. The van der Waals surface area contributed by atoms with Gasteiger partial charge < -0.3 is 24.1 Å². The van der Waals surface area contributed by atoms with Crippen LogP contribution in [0.2, 0.25) is 0 Å². The van der Waals surface area contributed by atoms with Gasteiger partial charge in [0.15, 0.2) is 5.76 Å². The Balaban J connectivity index is 1.78. The molecule has 6 nitrogen and oxygen atoms in total. The Morgan fingerprint density at radius 2 is 2.11 bits per heavy atom. The maximum atomic E-state index is 12.9. The van der Waals surface area contributed by atoms with Gasteiger partial charge in [-0.05, 0) is 68.1 Å². The molecule has 0 spiro atoms. The molecule has 2 heterocycles. The molecule has 1 aromatic carbocycles. The van der Waals surface area contributed by atoms with Crippen LogP contribution in [0.4, 0.5) is 0 Å². The SMILES string of the molecule is COc1cccc(CC(C2CCN(CCO)CC2)N(C)C(=O)c2ccco2)c1. The summed E-state index contributed by atoms with van der Waals surface area (Å²) in [6, 6.07) is 11.6. The monoisotopic (exact) mass is 386 g/mol. The third kappa shape index (κ3) is 4.94. The molecule has 0 bridgehead atoms. The van der Waals surface area contributed by atoms with E-state index in [9.17, 15) is 9.90 Å². The molecule has 2 aromatic rings. The number of ether oxygens (including phenoxy) is 1. The Bertz CT molecular complexity index is 739. The first-order chi connectivity index (χ1) is 13.6. The number of benzene rings is 1. The molecule has 1 fully saturated rings. The van der Waals surface area contributed by atoms with Crippen molar-refractivity contribution in [2.45, 2.75) is 25.3 Å². The van der Waals surface area contributed by atoms with Crippen LogP contribution >= 0.6 is 0 Å². The lowest BCUT2D eigenvalue weighted by molar-refractivity contribution is 0.0548. The number of nitrogens with zero attached hydrogens (tertiary/aromatic N) is 2. The molecule has 152 valence electrons. The van der Waals surface area contributed by atoms with Gasteiger partial charge in [-0.2, -0.15) is 0 Å². The van der Waals surface area contributed by atoms with Crippen molar-refractivity contribution in [3.8, 4) is 5.75 Å². The molecule has 6 heteroatoms. The lowest BCUT2D eigenvalue weighted by Gasteiger charge is -2.39. The van der Waals surface area contributed by atoms with E-state index in [1.54, 1.807) is 19.2 Å². The van der Waals surface area contributed by atoms with Gasteiger partial charge in [0.1, 0.15) is 5.75 Å². The molecule has 1 saturated heterocycles. The Hall–Kier alpha value is -2.31. The normalized spacial score (nSPS) is 16.7. The Labute approximate surface area is 166 Å². The van der Waals surface area contributed by atoms with E-state index in [1.165, 1.54) is 6.26 Å². The summed E-state index contributed by atoms with van der Waals surface area (Å²) in [5.74, 6) is 1.51. The number of carbonyl (C=O) groups is 1. The lowest BCUT2D eigenvalue weighted by atomic mass is 9.85. The number of piperidine rings is 1. The van der Waals surface area contributed by atoms with Crippen LogP contribution in [0.1, 0.15) is 29.0 Å². The zero-order valence-electron chi connectivity index (χ0n) is 16.7. The van der Waals surface area contributed by atoms with Crippen molar-refractivity contribution in [2.75, 3.05) is 40.4 Å². The minimum Gasteiger partial charge on any atom is -0.497 e. The second-order valence-corrected chi connectivity index (χ2v) is 7.42. The highest BCUT2D eigenvalue weighted by Gasteiger charge is 2.32. The number of hydrogen-bond donors (Lipinski definition) is 1. The number of hydrogen-bond acceptors (Lipinski definition) is 5. The summed E-state index contributed by atoms with van der Waals surface area (Å²) in [4.78, 5) is 17.1. The first kappa shape index (κ1) is 20.4. The van der Waals surface area contributed by atoms with Gasteiger partial charge in [0.05, 0.1) is 20.0 Å². The van der Waals surface area contributed by atoms with Gasteiger partial charge in [-0.1, -0.05) is 12.1 Å². The number of β-amino-alcohol motifs (C(OH)–C–C–N with tert-alkyl or cyclic N) is 1. The third-order valence-electron chi connectivity index (χ3n) is 5.72. The molecule has 0 aliphatic carbocycles. The minimum absolute atomic E-state index is 0.0704. The number of likely N-dealkylation sites (N-methyl/N-ethyl adjacent to an activating group) is 1. The molecule has 1 aliphatic rings. The van der Waals surface area contributed by atoms with Crippen LogP contribution in [0.15, 0.2) is 47.1 Å². The first-order valence-electron chi connectivity index (χ1n) is 9.89. The van der Waals surface area contributed by atoms with Crippen LogP contribution in [-0.2, 0) is 6.42 Å². The Morgan fingerprint density at radius 1 is 1.32 bits per heavy atom. The predicted molar refractivity (Wildman–Crippen MR) is 108 cm³/mol. The fourth-order valence-electron chi connectivity index (χ4n) is 4.09. The van der Waals surface area contributed by atoms with E-state index in [0.29, 0.717) is 18.2 Å². The summed E-state index contributed by atoms with van der Waals surface area (Å²) >= 11 is 0. The number of rotatable bonds is 8. The lowest BCUT2D eigenvalue weighted by Crippen LogP contribution is -2.47. The van der Waals surface area contributed by atoms with E-state index in [4.69, 9.17) is 9.15 Å². The Kier molecular flexibility index (Phi) is 7.12. The third-order valence-corrected chi connectivity index (χ3v) is 5.72. The van der Waals surface area contributed by atoms with Crippen molar-refractivity contribution in [1.29, 1.82) is 0 Å². The number of aliphatic hydroxyl groups excluding tert-OH is 1. The molecular weight excluding hydrogens is 356 g/mol. The van der Waals surface area contributed by atoms with Crippen LogP contribution in [0.25, 0.3) is 0 Å². The topological polar surface area (TPSA) is 66.2 Å². The molecule has 1 aromatic heterocycles.